The number of alkyl halides is 3. The minimum Gasteiger partial charge on any atom is -0.489 e. The van der Waals surface area contributed by atoms with Crippen LogP contribution in [0.5, 0.6) is 5.75 Å². The number of rotatable bonds is 6. The maximum atomic E-state index is 12.5. The van der Waals surface area contributed by atoms with Crippen molar-refractivity contribution in [2.24, 2.45) is 0 Å². The number of carbonyl (C=O) groups is 1. The van der Waals surface area contributed by atoms with Crippen LogP contribution in [0, 0.1) is 0 Å². The largest absolute Gasteiger partial charge is 0.489 e. The van der Waals surface area contributed by atoms with E-state index in [0.717, 1.165) is 12.1 Å². The highest BCUT2D eigenvalue weighted by molar-refractivity contribution is 5.95. The van der Waals surface area contributed by atoms with Crippen molar-refractivity contribution in [1.82, 2.24) is 0 Å². The van der Waals surface area contributed by atoms with Crippen molar-refractivity contribution in [3.63, 3.8) is 0 Å². The predicted octanol–water partition coefficient (Wildman–Crippen LogP) is 4.54. The van der Waals surface area contributed by atoms with Crippen LogP contribution >= 0.6 is 0 Å². The summed E-state index contributed by atoms with van der Waals surface area (Å²) < 4.78 is 43.1. The molecule has 2 aromatic rings. The molecule has 1 amide bonds. The number of benzene rings is 2. The minimum absolute atomic E-state index is 0.0386. The van der Waals surface area contributed by atoms with Gasteiger partial charge in [0.25, 0.3) is 0 Å². The molecule has 134 valence electrons. The molecule has 0 aromatic heterocycles. The third kappa shape index (κ3) is 5.70. The van der Waals surface area contributed by atoms with Crippen molar-refractivity contribution in [2.45, 2.75) is 26.1 Å². The maximum Gasteiger partial charge on any atom is 0.416 e. The van der Waals surface area contributed by atoms with Crippen LogP contribution in [-0.2, 0) is 11.0 Å². The molecule has 2 rings (SSSR count). The van der Waals surface area contributed by atoms with Crippen molar-refractivity contribution >= 4 is 17.3 Å². The molecule has 0 unspecified atom stereocenters. The summed E-state index contributed by atoms with van der Waals surface area (Å²) in [5.41, 5.74) is 0.229. The molecule has 2 aromatic carbocycles. The van der Waals surface area contributed by atoms with E-state index >= 15 is 0 Å². The van der Waals surface area contributed by atoms with Crippen LogP contribution in [-0.4, -0.2) is 18.6 Å². The van der Waals surface area contributed by atoms with Gasteiger partial charge < -0.3 is 15.4 Å². The van der Waals surface area contributed by atoms with Gasteiger partial charge >= 0.3 is 6.18 Å². The quantitative estimate of drug-likeness (QED) is 0.802. The molecule has 25 heavy (non-hydrogen) atoms. The summed E-state index contributed by atoms with van der Waals surface area (Å²) in [4.78, 5) is 12.0. The lowest BCUT2D eigenvalue weighted by Gasteiger charge is -2.15. The smallest absolute Gasteiger partial charge is 0.416 e. The van der Waals surface area contributed by atoms with E-state index in [1.54, 1.807) is 24.3 Å². The number of halogens is 3. The molecule has 2 N–H and O–H groups in total. The van der Waals surface area contributed by atoms with Gasteiger partial charge in [-0.2, -0.15) is 13.2 Å². The Bertz CT molecular complexity index is 713. The monoisotopic (exact) mass is 352 g/mol. The third-order valence-electron chi connectivity index (χ3n) is 3.19. The zero-order chi connectivity index (χ0) is 18.4. The van der Waals surface area contributed by atoms with E-state index in [2.05, 4.69) is 10.6 Å². The Morgan fingerprint density at radius 3 is 2.32 bits per heavy atom. The molecule has 0 heterocycles. The van der Waals surface area contributed by atoms with E-state index < -0.39 is 11.7 Å². The summed E-state index contributed by atoms with van der Waals surface area (Å²) in [7, 11) is 0. The standard InChI is InChI=1S/C18H19F3N2O2/c1-12(2)25-16-6-4-3-5-15(16)23-17(24)11-22-14-9-7-13(8-10-14)18(19,20)21/h3-10,12,22H,11H2,1-2H3,(H,23,24). The van der Waals surface area contributed by atoms with Crippen molar-refractivity contribution in [3.8, 4) is 5.75 Å². The van der Waals surface area contributed by atoms with Crippen molar-refractivity contribution in [3.05, 3.63) is 54.1 Å². The fraction of sp³-hybridized carbons (Fsp3) is 0.278. The Balaban J connectivity index is 1.93. The SMILES string of the molecule is CC(C)Oc1ccccc1NC(=O)CNc1ccc(C(F)(F)F)cc1. The van der Waals surface area contributed by atoms with Gasteiger partial charge in [0.2, 0.25) is 5.91 Å². The number of nitrogens with one attached hydrogen (secondary N) is 2. The molecule has 0 bridgehead atoms. The van der Waals surface area contributed by atoms with Gasteiger partial charge in [-0.05, 0) is 50.2 Å². The van der Waals surface area contributed by atoms with Gasteiger partial charge in [0.05, 0.1) is 23.9 Å². The Hall–Kier alpha value is -2.70. The summed E-state index contributed by atoms with van der Waals surface area (Å²) >= 11 is 0. The Kier molecular flexibility index (Phi) is 5.90. The zero-order valence-electron chi connectivity index (χ0n) is 13.9. The van der Waals surface area contributed by atoms with Crippen molar-refractivity contribution in [1.29, 1.82) is 0 Å². The number of ether oxygens (including phenoxy) is 1. The molecule has 0 radical (unpaired) electrons. The lowest BCUT2D eigenvalue weighted by atomic mass is 10.2. The second-order valence-electron chi connectivity index (χ2n) is 5.64. The molecule has 0 aliphatic carbocycles. The lowest BCUT2D eigenvalue weighted by molar-refractivity contribution is -0.137. The maximum absolute atomic E-state index is 12.5. The van der Waals surface area contributed by atoms with Gasteiger partial charge in [-0.3, -0.25) is 4.79 Å². The first-order valence-electron chi connectivity index (χ1n) is 7.72. The van der Waals surface area contributed by atoms with Crippen LogP contribution < -0.4 is 15.4 Å². The Morgan fingerprint density at radius 1 is 1.08 bits per heavy atom. The fourth-order valence-electron chi connectivity index (χ4n) is 2.08. The van der Waals surface area contributed by atoms with Gasteiger partial charge in [0, 0.05) is 5.69 Å². The molecule has 0 spiro atoms. The number of carbonyl (C=O) groups excluding carboxylic acids is 1. The molecule has 0 saturated carbocycles. The lowest BCUT2D eigenvalue weighted by Crippen LogP contribution is -2.22. The van der Waals surface area contributed by atoms with Gasteiger partial charge in [0.1, 0.15) is 5.75 Å². The van der Waals surface area contributed by atoms with E-state index in [1.807, 2.05) is 13.8 Å². The summed E-state index contributed by atoms with van der Waals surface area (Å²) in [6, 6.07) is 11.5. The molecular weight excluding hydrogens is 333 g/mol. The highest BCUT2D eigenvalue weighted by Gasteiger charge is 2.29. The number of hydrogen-bond acceptors (Lipinski definition) is 3. The molecule has 0 aliphatic rings. The first kappa shape index (κ1) is 18.6. The number of anilines is 2. The number of amides is 1. The van der Waals surface area contributed by atoms with Crippen LogP contribution in [0.4, 0.5) is 24.5 Å². The van der Waals surface area contributed by atoms with E-state index in [1.165, 1.54) is 12.1 Å². The van der Waals surface area contributed by atoms with E-state index in [-0.39, 0.29) is 18.6 Å². The van der Waals surface area contributed by atoms with Crippen LogP contribution in [0.15, 0.2) is 48.5 Å². The third-order valence-corrected chi connectivity index (χ3v) is 3.19. The second kappa shape index (κ2) is 7.92. The van der Waals surface area contributed by atoms with Gasteiger partial charge in [0.15, 0.2) is 0 Å². The van der Waals surface area contributed by atoms with Crippen LogP contribution in [0.3, 0.4) is 0 Å². The number of para-hydroxylation sites is 2. The minimum atomic E-state index is -4.38. The Labute approximate surface area is 144 Å². The fourth-order valence-corrected chi connectivity index (χ4v) is 2.08. The number of hydrogen-bond donors (Lipinski definition) is 2. The van der Waals surface area contributed by atoms with Crippen molar-refractivity contribution in [2.75, 3.05) is 17.2 Å². The topological polar surface area (TPSA) is 50.4 Å². The van der Waals surface area contributed by atoms with Gasteiger partial charge in [-0.15, -0.1) is 0 Å². The average Bonchev–Trinajstić information content (AvgIpc) is 2.54. The zero-order valence-corrected chi connectivity index (χ0v) is 13.9. The molecule has 4 nitrogen and oxygen atoms in total. The van der Waals surface area contributed by atoms with Crippen LogP contribution in [0.2, 0.25) is 0 Å². The first-order valence-corrected chi connectivity index (χ1v) is 7.72. The molecular formula is C18H19F3N2O2. The van der Waals surface area contributed by atoms with Crippen LogP contribution in [0.1, 0.15) is 19.4 Å². The normalized spacial score (nSPS) is 11.3. The Morgan fingerprint density at radius 2 is 1.72 bits per heavy atom. The summed E-state index contributed by atoms with van der Waals surface area (Å²) in [5, 5.41) is 5.50. The molecule has 0 aliphatic heterocycles. The summed E-state index contributed by atoms with van der Waals surface area (Å²) in [5.74, 6) is 0.222. The predicted molar refractivity (Wildman–Crippen MR) is 90.8 cm³/mol. The average molecular weight is 352 g/mol. The summed E-state index contributed by atoms with van der Waals surface area (Å²) in [6.07, 6.45) is -4.42. The van der Waals surface area contributed by atoms with Crippen molar-refractivity contribution < 1.29 is 22.7 Å². The highest BCUT2D eigenvalue weighted by Crippen LogP contribution is 2.29. The van der Waals surface area contributed by atoms with Crippen LogP contribution in [0.25, 0.3) is 0 Å². The molecule has 0 atom stereocenters. The first-order chi connectivity index (χ1) is 11.8. The van der Waals surface area contributed by atoms with Gasteiger partial charge in [-0.1, -0.05) is 12.1 Å². The molecule has 0 saturated heterocycles. The van der Waals surface area contributed by atoms with E-state index in [9.17, 15) is 18.0 Å². The summed E-state index contributed by atoms with van der Waals surface area (Å²) in [6.45, 7) is 3.68. The highest BCUT2D eigenvalue weighted by atomic mass is 19.4. The van der Waals surface area contributed by atoms with Gasteiger partial charge in [-0.25, -0.2) is 0 Å². The van der Waals surface area contributed by atoms with E-state index in [4.69, 9.17) is 4.74 Å². The second-order valence-corrected chi connectivity index (χ2v) is 5.64. The molecule has 7 heteroatoms. The molecule has 0 fully saturated rings. The van der Waals surface area contributed by atoms with E-state index in [0.29, 0.717) is 17.1 Å².